The molecular weight excluding hydrogens is 313 g/mol. The summed E-state index contributed by atoms with van der Waals surface area (Å²) < 4.78 is 14.1. The normalized spacial score (nSPS) is 10.2. The molecule has 5 heteroatoms. The molecule has 0 unspecified atom stereocenters. The van der Waals surface area contributed by atoms with Gasteiger partial charge in [-0.15, -0.1) is 0 Å². The van der Waals surface area contributed by atoms with E-state index in [0.717, 1.165) is 0 Å². The summed E-state index contributed by atoms with van der Waals surface area (Å²) in [4.78, 5) is 27.5. The van der Waals surface area contributed by atoms with Gasteiger partial charge in [0.1, 0.15) is 5.82 Å². The van der Waals surface area contributed by atoms with Gasteiger partial charge in [0.05, 0.1) is 12.0 Å². The van der Waals surface area contributed by atoms with Crippen LogP contribution < -0.4 is 0 Å². The lowest BCUT2D eigenvalue weighted by atomic mass is 10.0. The molecule has 0 radical (unpaired) electrons. The maximum Gasteiger partial charge on any atom is 0.173 e. The Morgan fingerprint density at radius 3 is 2.63 bits per heavy atom. The van der Waals surface area contributed by atoms with Crippen molar-refractivity contribution in [1.29, 1.82) is 0 Å². The van der Waals surface area contributed by atoms with Crippen LogP contribution in [0.3, 0.4) is 0 Å². The molecule has 0 N–H and O–H groups in total. The van der Waals surface area contributed by atoms with E-state index in [1.807, 2.05) is 0 Å². The van der Waals surface area contributed by atoms with Gasteiger partial charge in [-0.05, 0) is 30.3 Å². The summed E-state index contributed by atoms with van der Waals surface area (Å²) in [6, 6.07) is 7.30. The van der Waals surface area contributed by atoms with Crippen LogP contribution in [0.15, 0.2) is 47.2 Å². The number of halogens is 2. The minimum Gasteiger partial charge on any atom is -0.294 e. The molecule has 3 nitrogen and oxygen atoms in total. The Morgan fingerprint density at radius 2 is 2.00 bits per heavy atom. The average Bonchev–Trinajstić information content (AvgIpc) is 2.39. The molecule has 0 spiro atoms. The molecule has 0 fully saturated rings. The zero-order valence-electron chi connectivity index (χ0n) is 9.77. The van der Waals surface area contributed by atoms with Crippen LogP contribution in [-0.4, -0.2) is 16.6 Å². The van der Waals surface area contributed by atoms with Gasteiger partial charge in [-0.2, -0.15) is 0 Å². The molecule has 0 atom stereocenters. The first-order valence-electron chi connectivity index (χ1n) is 5.49. The largest absolute Gasteiger partial charge is 0.294 e. The number of rotatable bonds is 4. The number of Topliss-reactive ketones (excluding diaryl/α,β-unsaturated/α-hetero) is 2. The first kappa shape index (κ1) is 13.5. The Hall–Kier alpha value is -1.88. The number of hydrogen-bond donors (Lipinski definition) is 0. The van der Waals surface area contributed by atoms with Gasteiger partial charge in [-0.25, -0.2) is 4.39 Å². The van der Waals surface area contributed by atoms with Crippen molar-refractivity contribution in [3.63, 3.8) is 0 Å². The van der Waals surface area contributed by atoms with Crippen molar-refractivity contribution in [2.24, 2.45) is 0 Å². The molecule has 1 aromatic heterocycles. The minimum absolute atomic E-state index is 0.0829. The molecule has 0 aliphatic heterocycles. The highest BCUT2D eigenvalue weighted by Gasteiger charge is 2.17. The molecule has 1 heterocycles. The van der Waals surface area contributed by atoms with E-state index in [9.17, 15) is 14.0 Å². The molecule has 2 aromatic rings. The van der Waals surface area contributed by atoms with E-state index in [2.05, 4.69) is 20.9 Å². The van der Waals surface area contributed by atoms with E-state index in [1.54, 1.807) is 18.2 Å². The van der Waals surface area contributed by atoms with E-state index in [4.69, 9.17) is 0 Å². The molecule has 0 saturated carbocycles. The lowest BCUT2D eigenvalue weighted by Crippen LogP contribution is -2.10. The topological polar surface area (TPSA) is 47.0 Å². The third-order valence-corrected chi connectivity index (χ3v) is 3.03. The van der Waals surface area contributed by atoms with Crippen LogP contribution in [0.1, 0.15) is 27.1 Å². The molecule has 1 aromatic carbocycles. The molecule has 0 amide bonds. The van der Waals surface area contributed by atoms with E-state index in [-0.39, 0.29) is 17.8 Å². The molecule has 0 aliphatic carbocycles. The lowest BCUT2D eigenvalue weighted by molar-refractivity contribution is 0.0892. The van der Waals surface area contributed by atoms with Gasteiger partial charge >= 0.3 is 0 Å². The van der Waals surface area contributed by atoms with Gasteiger partial charge < -0.3 is 0 Å². The number of hydrogen-bond acceptors (Lipinski definition) is 3. The SMILES string of the molecule is O=C(CC(=O)c1ccc(Br)cc1F)c1cccnc1. The van der Waals surface area contributed by atoms with Crippen molar-refractivity contribution in [2.75, 3.05) is 0 Å². The van der Waals surface area contributed by atoms with E-state index in [1.165, 1.54) is 24.5 Å². The Bertz CT molecular complexity index is 629. The second-order valence-corrected chi connectivity index (χ2v) is 4.80. The minimum atomic E-state index is -0.640. The fourth-order valence-corrected chi connectivity index (χ4v) is 1.92. The number of benzene rings is 1. The number of nitrogens with zero attached hydrogens (tertiary/aromatic N) is 1. The van der Waals surface area contributed by atoms with Crippen molar-refractivity contribution >= 4 is 27.5 Å². The Balaban J connectivity index is 2.15. The van der Waals surface area contributed by atoms with E-state index >= 15 is 0 Å². The molecule has 96 valence electrons. The monoisotopic (exact) mass is 321 g/mol. The van der Waals surface area contributed by atoms with E-state index < -0.39 is 11.6 Å². The highest BCUT2D eigenvalue weighted by molar-refractivity contribution is 9.10. The number of pyridine rings is 1. The molecule has 0 bridgehead atoms. The van der Waals surface area contributed by atoms with Crippen LogP contribution in [0.25, 0.3) is 0 Å². The van der Waals surface area contributed by atoms with Crippen molar-refractivity contribution in [1.82, 2.24) is 4.98 Å². The second kappa shape index (κ2) is 5.84. The van der Waals surface area contributed by atoms with Crippen molar-refractivity contribution in [2.45, 2.75) is 6.42 Å². The predicted octanol–water partition coefficient (Wildman–Crippen LogP) is 3.44. The summed E-state index contributed by atoms with van der Waals surface area (Å²) in [5.74, 6) is -1.56. The zero-order valence-corrected chi connectivity index (χ0v) is 11.4. The highest BCUT2D eigenvalue weighted by atomic mass is 79.9. The maximum atomic E-state index is 13.6. The summed E-state index contributed by atoms with van der Waals surface area (Å²) in [6.45, 7) is 0. The van der Waals surface area contributed by atoms with Crippen molar-refractivity contribution < 1.29 is 14.0 Å². The van der Waals surface area contributed by atoms with Gasteiger partial charge in [0.2, 0.25) is 0 Å². The van der Waals surface area contributed by atoms with Gasteiger partial charge in [0, 0.05) is 22.4 Å². The highest BCUT2D eigenvalue weighted by Crippen LogP contribution is 2.17. The molecule has 0 saturated heterocycles. The number of ketones is 2. The summed E-state index contributed by atoms with van der Waals surface area (Å²) >= 11 is 3.11. The second-order valence-electron chi connectivity index (χ2n) is 3.89. The zero-order chi connectivity index (χ0) is 13.8. The smallest absolute Gasteiger partial charge is 0.173 e. The molecule has 0 aliphatic rings. The average molecular weight is 322 g/mol. The van der Waals surface area contributed by atoms with Gasteiger partial charge in [-0.1, -0.05) is 15.9 Å². The van der Waals surface area contributed by atoms with Crippen LogP contribution in [0.2, 0.25) is 0 Å². The maximum absolute atomic E-state index is 13.6. The lowest BCUT2D eigenvalue weighted by Gasteiger charge is -2.03. The summed E-state index contributed by atoms with van der Waals surface area (Å²) in [5, 5.41) is 0. The fourth-order valence-electron chi connectivity index (χ4n) is 1.59. The van der Waals surface area contributed by atoms with Crippen molar-refractivity contribution in [3.8, 4) is 0 Å². The number of carbonyl (C=O) groups is 2. The Labute approximate surface area is 117 Å². The first-order valence-corrected chi connectivity index (χ1v) is 6.28. The van der Waals surface area contributed by atoms with Crippen LogP contribution >= 0.6 is 15.9 Å². The fraction of sp³-hybridized carbons (Fsp3) is 0.0714. The number of aromatic nitrogens is 1. The molecule has 2 rings (SSSR count). The summed E-state index contributed by atoms with van der Waals surface area (Å²) in [6.07, 6.45) is 2.55. The quantitative estimate of drug-likeness (QED) is 0.640. The first-order chi connectivity index (χ1) is 9.08. The summed E-state index contributed by atoms with van der Waals surface area (Å²) in [5.41, 5.74) is 0.258. The van der Waals surface area contributed by atoms with Crippen LogP contribution in [0, 0.1) is 5.82 Å². The van der Waals surface area contributed by atoms with Crippen LogP contribution in [0.5, 0.6) is 0 Å². The molecule has 19 heavy (non-hydrogen) atoms. The Morgan fingerprint density at radius 1 is 1.21 bits per heavy atom. The van der Waals surface area contributed by atoms with Gasteiger partial charge in [-0.3, -0.25) is 14.6 Å². The predicted molar refractivity (Wildman–Crippen MR) is 71.6 cm³/mol. The van der Waals surface area contributed by atoms with Gasteiger partial charge in [0.15, 0.2) is 11.6 Å². The van der Waals surface area contributed by atoms with Crippen molar-refractivity contribution in [3.05, 3.63) is 64.1 Å². The third-order valence-electron chi connectivity index (χ3n) is 2.54. The summed E-state index contributed by atoms with van der Waals surface area (Å²) in [7, 11) is 0. The number of carbonyl (C=O) groups excluding carboxylic acids is 2. The standard InChI is InChI=1S/C14H9BrFNO2/c15-10-3-4-11(12(16)6-10)14(19)7-13(18)9-2-1-5-17-8-9/h1-6,8H,7H2. The van der Waals surface area contributed by atoms with Gasteiger partial charge in [0.25, 0.3) is 0 Å². The third kappa shape index (κ3) is 3.32. The van der Waals surface area contributed by atoms with E-state index in [0.29, 0.717) is 10.0 Å². The Kier molecular flexibility index (Phi) is 4.16. The molecular formula is C14H9BrFNO2. The van der Waals surface area contributed by atoms with Crippen LogP contribution in [-0.2, 0) is 0 Å². The van der Waals surface area contributed by atoms with Crippen LogP contribution in [0.4, 0.5) is 4.39 Å².